The van der Waals surface area contributed by atoms with Crippen LogP contribution in [0.2, 0.25) is 0 Å². The second-order valence-electron chi connectivity index (χ2n) is 7.81. The van der Waals surface area contributed by atoms with Crippen LogP contribution < -0.4 is 5.32 Å². The zero-order valence-corrected chi connectivity index (χ0v) is 18.4. The maximum Gasteiger partial charge on any atom is 0.224 e. The third kappa shape index (κ3) is 6.16. The second kappa shape index (κ2) is 10.2. The number of likely N-dealkylation sites (N-methyl/N-ethyl adjacent to an activating group) is 1. The van der Waals surface area contributed by atoms with Crippen LogP contribution in [0.4, 0.5) is 0 Å². The first-order valence-corrected chi connectivity index (χ1v) is 10.8. The Balaban J connectivity index is 1.65. The summed E-state index contributed by atoms with van der Waals surface area (Å²) in [4.78, 5) is 17.5. The molecule has 1 aliphatic heterocycles. The van der Waals surface area contributed by atoms with Gasteiger partial charge in [-0.15, -0.1) is 0 Å². The monoisotopic (exact) mass is 443 g/mol. The minimum Gasteiger partial charge on any atom is -0.348 e. The van der Waals surface area contributed by atoms with Gasteiger partial charge in [0, 0.05) is 17.1 Å². The number of hydrogen-bond donors (Lipinski definition) is 1. The molecule has 2 aromatic carbocycles. The number of benzene rings is 2. The summed E-state index contributed by atoms with van der Waals surface area (Å²) in [5.41, 5.74) is 2.18. The molecule has 0 unspecified atom stereocenters. The van der Waals surface area contributed by atoms with E-state index in [4.69, 9.17) is 0 Å². The Morgan fingerprint density at radius 1 is 1.14 bits per heavy atom. The fraction of sp³-hybridized carbons (Fsp3) is 0.435. The average molecular weight is 444 g/mol. The highest BCUT2D eigenvalue weighted by Crippen LogP contribution is 2.20. The van der Waals surface area contributed by atoms with E-state index >= 15 is 0 Å². The quantitative estimate of drug-likeness (QED) is 0.704. The third-order valence-corrected chi connectivity index (χ3v) is 6.13. The highest BCUT2D eigenvalue weighted by Gasteiger charge is 2.24. The molecule has 0 aromatic heterocycles. The van der Waals surface area contributed by atoms with Gasteiger partial charge in [0.2, 0.25) is 5.91 Å². The van der Waals surface area contributed by atoms with Gasteiger partial charge >= 0.3 is 0 Å². The van der Waals surface area contributed by atoms with E-state index in [0.29, 0.717) is 12.5 Å². The lowest BCUT2D eigenvalue weighted by Crippen LogP contribution is -2.45. The van der Waals surface area contributed by atoms with Crippen molar-refractivity contribution in [1.29, 1.82) is 0 Å². The molecule has 1 saturated heterocycles. The smallest absolute Gasteiger partial charge is 0.224 e. The van der Waals surface area contributed by atoms with Crippen LogP contribution >= 0.6 is 15.9 Å². The van der Waals surface area contributed by atoms with Gasteiger partial charge in [-0.3, -0.25) is 4.79 Å². The summed E-state index contributed by atoms with van der Waals surface area (Å²) in [6.45, 7) is 3.10. The molecular formula is C23H30BrN3O. The summed E-state index contributed by atoms with van der Waals surface area (Å²) in [7, 11) is 4.37. The van der Waals surface area contributed by atoms with Crippen LogP contribution in [0.5, 0.6) is 0 Å². The van der Waals surface area contributed by atoms with Crippen molar-refractivity contribution >= 4 is 21.8 Å². The summed E-state index contributed by atoms with van der Waals surface area (Å²) >= 11 is 3.44. The predicted octanol–water partition coefficient (Wildman–Crippen LogP) is 3.88. The highest BCUT2D eigenvalue weighted by molar-refractivity contribution is 9.10. The molecule has 1 aliphatic rings. The molecule has 4 nitrogen and oxygen atoms in total. The first-order chi connectivity index (χ1) is 13.5. The fourth-order valence-corrected chi connectivity index (χ4v) is 4.09. The van der Waals surface area contributed by atoms with Gasteiger partial charge in [-0.2, -0.15) is 0 Å². The van der Waals surface area contributed by atoms with E-state index in [2.05, 4.69) is 57.3 Å². The topological polar surface area (TPSA) is 35.6 Å². The van der Waals surface area contributed by atoms with Crippen molar-refractivity contribution in [2.24, 2.45) is 0 Å². The van der Waals surface area contributed by atoms with E-state index in [1.807, 2.05) is 42.5 Å². The molecule has 0 spiro atoms. The van der Waals surface area contributed by atoms with Crippen LogP contribution in [0.1, 0.15) is 30.0 Å². The Labute approximate surface area is 177 Å². The van der Waals surface area contributed by atoms with Gasteiger partial charge in [0.05, 0.1) is 12.5 Å². The van der Waals surface area contributed by atoms with E-state index < -0.39 is 0 Å². The molecule has 1 fully saturated rings. The molecule has 150 valence electrons. The lowest BCUT2D eigenvalue weighted by molar-refractivity contribution is -0.121. The number of amides is 1. The Morgan fingerprint density at radius 2 is 1.79 bits per heavy atom. The van der Waals surface area contributed by atoms with Crippen molar-refractivity contribution in [1.82, 2.24) is 15.1 Å². The lowest BCUT2D eigenvalue weighted by Gasteiger charge is -2.37. The third-order valence-electron chi connectivity index (χ3n) is 5.60. The van der Waals surface area contributed by atoms with Gasteiger partial charge in [0.15, 0.2) is 0 Å². The number of nitrogens with zero attached hydrogens (tertiary/aromatic N) is 2. The molecule has 0 radical (unpaired) electrons. The van der Waals surface area contributed by atoms with E-state index in [1.165, 1.54) is 12.8 Å². The summed E-state index contributed by atoms with van der Waals surface area (Å²) in [5, 5.41) is 3.27. The number of nitrogens with one attached hydrogen (secondary N) is 1. The highest BCUT2D eigenvalue weighted by atomic mass is 79.9. The summed E-state index contributed by atoms with van der Waals surface area (Å²) in [5.74, 6) is 0.0629. The summed E-state index contributed by atoms with van der Waals surface area (Å²) in [6.07, 6.45) is 2.76. The van der Waals surface area contributed by atoms with Crippen molar-refractivity contribution in [2.45, 2.75) is 31.3 Å². The number of carbonyl (C=O) groups is 1. The van der Waals surface area contributed by atoms with Gasteiger partial charge in [-0.05, 0) is 63.3 Å². The minimum atomic E-state index is -0.00574. The van der Waals surface area contributed by atoms with Crippen molar-refractivity contribution < 1.29 is 4.79 Å². The SMILES string of the molecule is CN1CCC(N(C)C[C@@H](NC(=O)Cc2ccc(Br)cc2)c2ccccc2)CC1. The van der Waals surface area contributed by atoms with Crippen molar-refractivity contribution in [3.8, 4) is 0 Å². The van der Waals surface area contributed by atoms with Crippen LogP contribution in [0, 0.1) is 0 Å². The normalized spacial score (nSPS) is 16.9. The number of likely N-dealkylation sites (tertiary alicyclic amines) is 1. The van der Waals surface area contributed by atoms with E-state index in [9.17, 15) is 4.79 Å². The van der Waals surface area contributed by atoms with Crippen LogP contribution in [0.25, 0.3) is 0 Å². The van der Waals surface area contributed by atoms with E-state index in [0.717, 1.165) is 35.2 Å². The zero-order valence-electron chi connectivity index (χ0n) is 16.8. The number of hydrogen-bond acceptors (Lipinski definition) is 3. The maximum absolute atomic E-state index is 12.7. The Bertz CT molecular complexity index is 742. The van der Waals surface area contributed by atoms with Crippen molar-refractivity contribution in [3.63, 3.8) is 0 Å². The van der Waals surface area contributed by atoms with E-state index in [1.54, 1.807) is 0 Å². The van der Waals surface area contributed by atoms with Crippen molar-refractivity contribution in [2.75, 3.05) is 33.7 Å². The molecule has 2 aromatic rings. The van der Waals surface area contributed by atoms with Gasteiger partial charge in [0.25, 0.3) is 0 Å². The first-order valence-electron chi connectivity index (χ1n) is 9.99. The molecule has 1 N–H and O–H groups in total. The molecule has 3 rings (SSSR count). The Morgan fingerprint density at radius 3 is 2.43 bits per heavy atom. The molecule has 0 aliphatic carbocycles. The molecule has 28 heavy (non-hydrogen) atoms. The molecule has 5 heteroatoms. The number of carbonyl (C=O) groups excluding carboxylic acids is 1. The number of rotatable bonds is 7. The first kappa shape index (κ1) is 21.0. The molecule has 0 saturated carbocycles. The van der Waals surface area contributed by atoms with E-state index in [-0.39, 0.29) is 11.9 Å². The molecule has 0 bridgehead atoms. The standard InChI is InChI=1S/C23H30BrN3O/c1-26-14-12-21(13-15-26)27(2)17-22(19-6-4-3-5-7-19)25-23(28)16-18-8-10-20(24)11-9-18/h3-11,21-22H,12-17H2,1-2H3,(H,25,28)/t22-/m1/s1. The van der Waals surface area contributed by atoms with Gasteiger partial charge in [-0.1, -0.05) is 58.4 Å². The average Bonchev–Trinajstić information content (AvgIpc) is 2.70. The Kier molecular flexibility index (Phi) is 7.65. The predicted molar refractivity (Wildman–Crippen MR) is 118 cm³/mol. The fourth-order valence-electron chi connectivity index (χ4n) is 3.83. The summed E-state index contributed by atoms with van der Waals surface area (Å²) in [6, 6.07) is 18.8. The molecule has 1 amide bonds. The lowest BCUT2D eigenvalue weighted by atomic mass is 10.0. The number of piperidine rings is 1. The zero-order chi connectivity index (χ0) is 19.9. The van der Waals surface area contributed by atoms with Gasteiger partial charge in [0.1, 0.15) is 0 Å². The number of halogens is 1. The van der Waals surface area contributed by atoms with Gasteiger partial charge < -0.3 is 15.1 Å². The Hall–Kier alpha value is -1.69. The molecular weight excluding hydrogens is 414 g/mol. The van der Waals surface area contributed by atoms with Crippen molar-refractivity contribution in [3.05, 3.63) is 70.2 Å². The maximum atomic E-state index is 12.7. The van der Waals surface area contributed by atoms with Gasteiger partial charge in [-0.25, -0.2) is 0 Å². The minimum absolute atomic E-state index is 0.00574. The largest absolute Gasteiger partial charge is 0.348 e. The van der Waals surface area contributed by atoms with Crippen LogP contribution in [-0.2, 0) is 11.2 Å². The van der Waals surface area contributed by atoms with Crippen LogP contribution in [0.3, 0.4) is 0 Å². The summed E-state index contributed by atoms with van der Waals surface area (Å²) < 4.78 is 1.03. The molecule has 1 heterocycles. The molecule has 1 atom stereocenters. The van der Waals surface area contributed by atoms with Crippen LogP contribution in [-0.4, -0.2) is 55.5 Å². The van der Waals surface area contributed by atoms with Crippen LogP contribution in [0.15, 0.2) is 59.1 Å². The second-order valence-corrected chi connectivity index (χ2v) is 8.72.